The number of benzene rings is 1. The molecule has 0 aliphatic carbocycles. The molecule has 1 saturated heterocycles. The van der Waals surface area contributed by atoms with Crippen molar-refractivity contribution >= 4 is 39.8 Å². The lowest BCUT2D eigenvalue weighted by Crippen LogP contribution is -2.27. The SMILES string of the molecule is Cl.Nc1ccc(NC(=O)CCc2ccc(S(=O)(=O)N3CCCC3)cc2)cn1. The van der Waals surface area contributed by atoms with Gasteiger partial charge in [0.15, 0.2) is 0 Å². The number of aryl methyl sites for hydroxylation is 1. The molecule has 3 rings (SSSR count). The number of nitrogen functional groups attached to an aromatic ring is 1. The van der Waals surface area contributed by atoms with Crippen molar-refractivity contribution in [3.63, 3.8) is 0 Å². The Hall–Kier alpha value is -2.16. The summed E-state index contributed by atoms with van der Waals surface area (Å²) >= 11 is 0. The summed E-state index contributed by atoms with van der Waals surface area (Å²) in [5.41, 5.74) is 7.01. The van der Waals surface area contributed by atoms with Crippen LogP contribution >= 0.6 is 12.4 Å². The van der Waals surface area contributed by atoms with Crippen molar-refractivity contribution in [2.75, 3.05) is 24.1 Å². The molecule has 2 aromatic rings. The summed E-state index contributed by atoms with van der Waals surface area (Å²) in [6.45, 7) is 1.18. The number of carbonyl (C=O) groups is 1. The first-order valence-electron chi connectivity index (χ1n) is 8.55. The van der Waals surface area contributed by atoms with Crippen LogP contribution in [0.15, 0.2) is 47.5 Å². The van der Waals surface area contributed by atoms with Gasteiger partial charge in [-0.2, -0.15) is 4.31 Å². The third kappa shape index (κ3) is 5.41. The molecule has 1 aliphatic heterocycles. The highest BCUT2D eigenvalue weighted by Gasteiger charge is 2.26. The zero-order valence-corrected chi connectivity index (χ0v) is 16.4. The summed E-state index contributed by atoms with van der Waals surface area (Å²) in [7, 11) is -3.39. The van der Waals surface area contributed by atoms with Crippen LogP contribution in [0.4, 0.5) is 11.5 Å². The number of aromatic nitrogens is 1. The molecule has 146 valence electrons. The number of nitrogens with zero attached hydrogens (tertiary/aromatic N) is 2. The second-order valence-corrected chi connectivity index (χ2v) is 8.21. The number of amides is 1. The lowest BCUT2D eigenvalue weighted by atomic mass is 10.1. The van der Waals surface area contributed by atoms with E-state index >= 15 is 0 Å². The number of carbonyl (C=O) groups excluding carboxylic acids is 1. The number of hydrogen-bond acceptors (Lipinski definition) is 5. The Morgan fingerprint density at radius 2 is 1.78 bits per heavy atom. The fraction of sp³-hybridized carbons (Fsp3) is 0.333. The second kappa shape index (κ2) is 9.16. The van der Waals surface area contributed by atoms with Crippen LogP contribution in [-0.2, 0) is 21.2 Å². The summed E-state index contributed by atoms with van der Waals surface area (Å²) in [4.78, 5) is 16.2. The molecular formula is C18H23ClN4O3S. The van der Waals surface area contributed by atoms with E-state index in [0.717, 1.165) is 18.4 Å². The van der Waals surface area contributed by atoms with Crippen LogP contribution in [0.25, 0.3) is 0 Å². The maximum atomic E-state index is 12.5. The molecule has 1 aromatic carbocycles. The average Bonchev–Trinajstić information content (AvgIpc) is 3.18. The summed E-state index contributed by atoms with van der Waals surface area (Å²) in [5, 5.41) is 2.75. The van der Waals surface area contributed by atoms with Crippen LogP contribution in [-0.4, -0.2) is 36.7 Å². The van der Waals surface area contributed by atoms with Crippen LogP contribution in [0.3, 0.4) is 0 Å². The minimum atomic E-state index is -3.39. The second-order valence-electron chi connectivity index (χ2n) is 6.28. The average molecular weight is 411 g/mol. The van der Waals surface area contributed by atoms with Gasteiger partial charge in [0.25, 0.3) is 0 Å². The topological polar surface area (TPSA) is 105 Å². The van der Waals surface area contributed by atoms with Crippen LogP contribution in [0.1, 0.15) is 24.8 Å². The number of nitrogens with two attached hydrogens (primary N) is 1. The van der Waals surface area contributed by atoms with E-state index in [4.69, 9.17) is 5.73 Å². The van der Waals surface area contributed by atoms with Crippen molar-refractivity contribution in [1.29, 1.82) is 0 Å². The van der Waals surface area contributed by atoms with Gasteiger partial charge in [0, 0.05) is 19.5 Å². The molecule has 1 fully saturated rings. The van der Waals surface area contributed by atoms with Gasteiger partial charge in [-0.15, -0.1) is 12.4 Å². The Bertz CT molecular complexity index is 864. The maximum Gasteiger partial charge on any atom is 0.243 e. The molecular weight excluding hydrogens is 388 g/mol. The summed E-state index contributed by atoms with van der Waals surface area (Å²) in [6, 6.07) is 10.1. The molecule has 1 aliphatic rings. The van der Waals surface area contributed by atoms with Crippen LogP contribution in [0.5, 0.6) is 0 Å². The van der Waals surface area contributed by atoms with Gasteiger partial charge in [-0.05, 0) is 49.1 Å². The van der Waals surface area contributed by atoms with E-state index in [-0.39, 0.29) is 18.3 Å². The highest BCUT2D eigenvalue weighted by molar-refractivity contribution is 7.89. The van der Waals surface area contributed by atoms with Gasteiger partial charge in [-0.1, -0.05) is 12.1 Å². The third-order valence-corrected chi connectivity index (χ3v) is 6.25. The molecule has 2 heterocycles. The van der Waals surface area contributed by atoms with Crippen LogP contribution in [0.2, 0.25) is 0 Å². The van der Waals surface area contributed by atoms with E-state index in [0.29, 0.717) is 42.3 Å². The van der Waals surface area contributed by atoms with Crippen molar-refractivity contribution in [1.82, 2.24) is 9.29 Å². The van der Waals surface area contributed by atoms with Crippen LogP contribution in [0, 0.1) is 0 Å². The minimum absolute atomic E-state index is 0. The number of pyridine rings is 1. The van der Waals surface area contributed by atoms with Gasteiger partial charge < -0.3 is 11.1 Å². The summed E-state index contributed by atoms with van der Waals surface area (Å²) < 4.78 is 26.5. The highest BCUT2D eigenvalue weighted by atomic mass is 35.5. The highest BCUT2D eigenvalue weighted by Crippen LogP contribution is 2.21. The fourth-order valence-electron chi connectivity index (χ4n) is 2.87. The number of nitrogens with one attached hydrogen (secondary N) is 1. The lowest BCUT2D eigenvalue weighted by molar-refractivity contribution is -0.116. The van der Waals surface area contributed by atoms with Crippen molar-refractivity contribution < 1.29 is 13.2 Å². The molecule has 0 unspecified atom stereocenters. The Kier molecular flexibility index (Phi) is 7.18. The first-order chi connectivity index (χ1) is 12.4. The number of hydrogen-bond donors (Lipinski definition) is 2. The molecule has 9 heteroatoms. The van der Waals surface area contributed by atoms with Gasteiger partial charge in [0.1, 0.15) is 5.82 Å². The Labute approximate surface area is 165 Å². The predicted molar refractivity (Wildman–Crippen MR) is 107 cm³/mol. The van der Waals surface area contributed by atoms with Gasteiger partial charge >= 0.3 is 0 Å². The monoisotopic (exact) mass is 410 g/mol. The molecule has 0 spiro atoms. The molecule has 7 nitrogen and oxygen atoms in total. The standard InChI is InChI=1S/C18H22N4O3S.ClH/c19-17-9-6-15(13-20-17)21-18(23)10-5-14-3-7-16(8-4-14)26(24,25)22-11-1-2-12-22;/h3-4,6-9,13H,1-2,5,10-12H2,(H2,19,20)(H,21,23);1H. The smallest absolute Gasteiger partial charge is 0.243 e. The lowest BCUT2D eigenvalue weighted by Gasteiger charge is -2.15. The van der Waals surface area contributed by atoms with Gasteiger partial charge in [-0.25, -0.2) is 13.4 Å². The molecule has 1 aromatic heterocycles. The zero-order valence-electron chi connectivity index (χ0n) is 14.8. The van der Waals surface area contributed by atoms with Gasteiger partial charge in [0.2, 0.25) is 15.9 Å². The largest absolute Gasteiger partial charge is 0.384 e. The van der Waals surface area contributed by atoms with Crippen molar-refractivity contribution in [3.05, 3.63) is 48.2 Å². The molecule has 3 N–H and O–H groups in total. The fourth-order valence-corrected chi connectivity index (χ4v) is 4.38. The van der Waals surface area contributed by atoms with Crippen LogP contribution < -0.4 is 11.1 Å². The summed E-state index contributed by atoms with van der Waals surface area (Å²) in [6.07, 6.45) is 4.15. The third-order valence-electron chi connectivity index (χ3n) is 4.34. The van der Waals surface area contributed by atoms with Gasteiger partial charge in [-0.3, -0.25) is 4.79 Å². The zero-order chi connectivity index (χ0) is 18.6. The van der Waals surface area contributed by atoms with Gasteiger partial charge in [0.05, 0.1) is 16.8 Å². The number of sulfonamides is 1. The number of anilines is 2. The molecule has 27 heavy (non-hydrogen) atoms. The normalized spacial score (nSPS) is 14.5. The number of rotatable bonds is 6. The summed E-state index contributed by atoms with van der Waals surface area (Å²) in [5.74, 6) is 0.261. The number of halogens is 1. The Balaban J connectivity index is 0.00000261. The van der Waals surface area contributed by atoms with Crippen molar-refractivity contribution in [2.24, 2.45) is 0 Å². The molecule has 1 amide bonds. The van der Waals surface area contributed by atoms with E-state index in [9.17, 15) is 13.2 Å². The molecule has 0 atom stereocenters. The van der Waals surface area contributed by atoms with Crippen molar-refractivity contribution in [2.45, 2.75) is 30.6 Å². The maximum absolute atomic E-state index is 12.5. The Morgan fingerprint density at radius 3 is 2.37 bits per heavy atom. The quantitative estimate of drug-likeness (QED) is 0.760. The Morgan fingerprint density at radius 1 is 1.11 bits per heavy atom. The molecule has 0 saturated carbocycles. The first-order valence-corrected chi connectivity index (χ1v) is 9.99. The minimum Gasteiger partial charge on any atom is -0.384 e. The predicted octanol–water partition coefficient (Wildman–Crippen LogP) is 2.44. The van der Waals surface area contributed by atoms with E-state index in [1.165, 1.54) is 10.5 Å². The molecule has 0 radical (unpaired) electrons. The van der Waals surface area contributed by atoms with E-state index < -0.39 is 10.0 Å². The van der Waals surface area contributed by atoms with Crippen molar-refractivity contribution in [3.8, 4) is 0 Å². The molecule has 0 bridgehead atoms. The van der Waals surface area contributed by atoms with E-state index in [1.54, 1.807) is 36.4 Å². The first kappa shape index (κ1) is 21.1. The van der Waals surface area contributed by atoms with E-state index in [1.807, 2.05) is 0 Å². The van der Waals surface area contributed by atoms with E-state index in [2.05, 4.69) is 10.3 Å².